The topological polar surface area (TPSA) is 0 Å². The van der Waals surface area contributed by atoms with Crippen molar-refractivity contribution in [3.63, 3.8) is 0 Å². The van der Waals surface area contributed by atoms with Crippen molar-refractivity contribution in [3.05, 3.63) is 0 Å². The van der Waals surface area contributed by atoms with Gasteiger partial charge in [-0.1, -0.05) is 12.8 Å². The molecule has 20 heavy (non-hydrogen) atoms. The lowest BCUT2D eigenvalue weighted by molar-refractivity contribution is -0.353. The molecule has 1 saturated carbocycles. The highest BCUT2D eigenvalue weighted by Gasteiger charge is 2.77. The Bertz CT molecular complexity index is 337. The molecule has 10 heteroatoms. The van der Waals surface area contributed by atoms with Gasteiger partial charge in [-0.25, -0.2) is 8.78 Å². The molecular formula is C10H10F10. The van der Waals surface area contributed by atoms with Gasteiger partial charge in [0.15, 0.2) is 0 Å². The highest BCUT2D eigenvalue weighted by molar-refractivity contribution is 5.07. The second-order valence-corrected chi connectivity index (χ2v) is 4.73. The minimum atomic E-state index is -6.60. The van der Waals surface area contributed by atoms with Crippen molar-refractivity contribution in [3.8, 4) is 0 Å². The Morgan fingerprint density at radius 2 is 1.10 bits per heavy atom. The lowest BCUT2D eigenvalue weighted by Crippen LogP contribution is -2.63. The Balaban J connectivity index is 3.25. The predicted molar refractivity (Wildman–Crippen MR) is 47.8 cm³/mol. The van der Waals surface area contributed by atoms with E-state index in [1.54, 1.807) is 0 Å². The monoisotopic (exact) mass is 320 g/mol. The smallest absolute Gasteiger partial charge is 0.236 e. The zero-order valence-electron chi connectivity index (χ0n) is 9.76. The van der Waals surface area contributed by atoms with Gasteiger partial charge in [-0.3, -0.25) is 0 Å². The molecule has 0 aliphatic heterocycles. The van der Waals surface area contributed by atoms with Gasteiger partial charge >= 0.3 is 18.3 Å². The number of halogens is 10. The van der Waals surface area contributed by atoms with Crippen molar-refractivity contribution < 1.29 is 43.9 Å². The maximum Gasteiger partial charge on any atom is 0.456 e. The van der Waals surface area contributed by atoms with Crippen LogP contribution in [0.5, 0.6) is 0 Å². The minimum absolute atomic E-state index is 0.0106. The van der Waals surface area contributed by atoms with Gasteiger partial charge in [0.05, 0.1) is 0 Å². The van der Waals surface area contributed by atoms with Gasteiger partial charge in [-0.2, -0.15) is 35.1 Å². The first-order valence-electron chi connectivity index (χ1n) is 5.60. The molecule has 1 rings (SSSR count). The van der Waals surface area contributed by atoms with Crippen molar-refractivity contribution in [1.29, 1.82) is 0 Å². The number of hydrogen-bond donors (Lipinski definition) is 0. The Morgan fingerprint density at radius 3 is 1.40 bits per heavy atom. The summed E-state index contributed by atoms with van der Waals surface area (Å²) in [4.78, 5) is 0. The quantitative estimate of drug-likeness (QED) is 0.643. The normalized spacial score (nSPS) is 23.7. The molecule has 0 bridgehead atoms. The molecule has 0 aromatic carbocycles. The molecule has 0 amide bonds. The standard InChI is InChI=1S/C10H10F10/c11-6(8(13,14)10(18,19)20)7(12,9(15,16)17)5-3-1-2-4-5/h5-6H,1-4H2. The minimum Gasteiger partial charge on any atom is -0.236 e. The van der Waals surface area contributed by atoms with Crippen molar-refractivity contribution in [2.24, 2.45) is 5.92 Å². The molecule has 0 aromatic heterocycles. The lowest BCUT2D eigenvalue weighted by Gasteiger charge is -2.39. The fourth-order valence-electron chi connectivity index (χ4n) is 2.34. The van der Waals surface area contributed by atoms with E-state index in [1.165, 1.54) is 0 Å². The van der Waals surface area contributed by atoms with Crippen LogP contribution in [0.4, 0.5) is 43.9 Å². The van der Waals surface area contributed by atoms with Gasteiger partial charge in [0.25, 0.3) is 0 Å². The van der Waals surface area contributed by atoms with Crippen molar-refractivity contribution in [2.45, 2.75) is 55.8 Å². The van der Waals surface area contributed by atoms with Crippen LogP contribution in [0.1, 0.15) is 25.7 Å². The highest BCUT2D eigenvalue weighted by atomic mass is 19.4. The Hall–Kier alpha value is -0.700. The molecule has 120 valence electrons. The molecule has 1 aliphatic rings. The van der Waals surface area contributed by atoms with Crippen LogP contribution in [0.3, 0.4) is 0 Å². The third-order valence-electron chi connectivity index (χ3n) is 3.45. The molecule has 0 spiro atoms. The summed E-state index contributed by atoms with van der Waals surface area (Å²) >= 11 is 0. The summed E-state index contributed by atoms with van der Waals surface area (Å²) in [6.45, 7) is 0. The zero-order valence-corrected chi connectivity index (χ0v) is 9.76. The van der Waals surface area contributed by atoms with Crippen LogP contribution in [-0.2, 0) is 0 Å². The van der Waals surface area contributed by atoms with E-state index in [0.29, 0.717) is 0 Å². The van der Waals surface area contributed by atoms with Crippen LogP contribution >= 0.6 is 0 Å². The zero-order chi connectivity index (χ0) is 16.0. The molecule has 0 radical (unpaired) electrons. The fraction of sp³-hybridized carbons (Fsp3) is 1.00. The lowest BCUT2D eigenvalue weighted by atomic mass is 9.80. The van der Waals surface area contributed by atoms with E-state index in [0.717, 1.165) is 0 Å². The van der Waals surface area contributed by atoms with E-state index in [1.807, 2.05) is 0 Å². The Labute approximate surface area is 107 Å². The van der Waals surface area contributed by atoms with E-state index in [-0.39, 0.29) is 12.8 Å². The Kier molecular flexibility index (Phi) is 4.29. The average molecular weight is 320 g/mol. The molecule has 0 N–H and O–H groups in total. The number of alkyl halides is 10. The molecule has 0 aromatic rings. The molecule has 1 aliphatic carbocycles. The first kappa shape index (κ1) is 17.4. The van der Waals surface area contributed by atoms with Gasteiger partial charge in [-0.05, 0) is 12.8 Å². The summed E-state index contributed by atoms with van der Waals surface area (Å²) in [6, 6.07) is 0. The van der Waals surface area contributed by atoms with Crippen molar-refractivity contribution >= 4 is 0 Å². The molecular weight excluding hydrogens is 310 g/mol. The van der Waals surface area contributed by atoms with Crippen LogP contribution < -0.4 is 0 Å². The summed E-state index contributed by atoms with van der Waals surface area (Å²) in [5, 5.41) is 0. The van der Waals surface area contributed by atoms with E-state index in [2.05, 4.69) is 0 Å². The van der Waals surface area contributed by atoms with Gasteiger partial charge < -0.3 is 0 Å². The molecule has 0 heterocycles. The van der Waals surface area contributed by atoms with Gasteiger partial charge in [-0.15, -0.1) is 0 Å². The number of hydrogen-bond acceptors (Lipinski definition) is 0. The van der Waals surface area contributed by atoms with Crippen LogP contribution in [0.2, 0.25) is 0 Å². The summed E-state index contributed by atoms with van der Waals surface area (Å²) in [6.07, 6.45) is -19.0. The maximum atomic E-state index is 13.9. The van der Waals surface area contributed by atoms with Crippen LogP contribution in [0.25, 0.3) is 0 Å². The third kappa shape index (κ3) is 2.57. The summed E-state index contributed by atoms with van der Waals surface area (Å²) in [5.74, 6) is -8.66. The van der Waals surface area contributed by atoms with Crippen LogP contribution in [0.15, 0.2) is 0 Å². The summed E-state index contributed by atoms with van der Waals surface area (Å²) in [7, 11) is 0. The molecule has 0 nitrogen and oxygen atoms in total. The maximum absolute atomic E-state index is 13.9. The highest BCUT2D eigenvalue weighted by Crippen LogP contribution is 2.55. The van der Waals surface area contributed by atoms with Crippen LogP contribution in [0, 0.1) is 5.92 Å². The first-order chi connectivity index (χ1) is 8.76. The fourth-order valence-corrected chi connectivity index (χ4v) is 2.34. The SMILES string of the molecule is FC(C(F)(F)C(F)(F)F)C(F)(C1CCCC1)C(F)(F)F. The van der Waals surface area contributed by atoms with Crippen molar-refractivity contribution in [2.75, 3.05) is 0 Å². The van der Waals surface area contributed by atoms with Crippen LogP contribution in [-0.4, -0.2) is 30.1 Å². The van der Waals surface area contributed by atoms with Gasteiger partial charge in [0, 0.05) is 5.92 Å². The average Bonchev–Trinajstić information content (AvgIpc) is 2.77. The largest absolute Gasteiger partial charge is 0.456 e. The van der Waals surface area contributed by atoms with Gasteiger partial charge in [0.2, 0.25) is 11.8 Å². The second kappa shape index (κ2) is 4.94. The number of rotatable bonds is 3. The van der Waals surface area contributed by atoms with E-state index >= 15 is 0 Å². The molecule has 2 unspecified atom stereocenters. The third-order valence-corrected chi connectivity index (χ3v) is 3.45. The molecule has 1 fully saturated rings. The second-order valence-electron chi connectivity index (χ2n) is 4.73. The summed E-state index contributed by atoms with van der Waals surface area (Å²) in [5.41, 5.74) is -5.22. The molecule has 2 atom stereocenters. The van der Waals surface area contributed by atoms with E-state index in [4.69, 9.17) is 0 Å². The van der Waals surface area contributed by atoms with E-state index in [9.17, 15) is 43.9 Å². The molecule has 0 saturated heterocycles. The predicted octanol–water partition coefficient (Wildman–Crippen LogP) is 4.98. The summed E-state index contributed by atoms with van der Waals surface area (Å²) < 4.78 is 127. The first-order valence-corrected chi connectivity index (χ1v) is 5.60. The van der Waals surface area contributed by atoms with Gasteiger partial charge in [0.1, 0.15) is 0 Å². The van der Waals surface area contributed by atoms with E-state index < -0.39 is 48.9 Å². The van der Waals surface area contributed by atoms with Crippen molar-refractivity contribution in [1.82, 2.24) is 0 Å². The Morgan fingerprint density at radius 1 is 0.700 bits per heavy atom.